The van der Waals surface area contributed by atoms with Crippen LogP contribution in [-0.2, 0) is 4.79 Å². The zero-order valence-corrected chi connectivity index (χ0v) is 13.5. The van der Waals surface area contributed by atoms with Gasteiger partial charge in [0.2, 0.25) is 5.91 Å². The van der Waals surface area contributed by atoms with Gasteiger partial charge in [-0.25, -0.2) is 0 Å². The highest BCUT2D eigenvalue weighted by Gasteiger charge is 2.41. The van der Waals surface area contributed by atoms with Crippen LogP contribution >= 0.6 is 0 Å². The number of amides is 2. The molecular weight excluding hydrogens is 302 g/mol. The molecule has 2 N–H and O–H groups in total. The molecule has 2 aromatic carbocycles. The van der Waals surface area contributed by atoms with E-state index in [-0.39, 0.29) is 23.9 Å². The summed E-state index contributed by atoms with van der Waals surface area (Å²) < 4.78 is 0. The summed E-state index contributed by atoms with van der Waals surface area (Å²) in [7, 11) is 0. The third-order valence-corrected chi connectivity index (χ3v) is 4.80. The minimum atomic E-state index is -0.220. The Bertz CT molecular complexity index is 818. The predicted molar refractivity (Wildman–Crippen MR) is 93.3 cm³/mol. The van der Waals surface area contributed by atoms with Crippen LogP contribution in [0.1, 0.15) is 22.3 Å². The number of carbonyl (C=O) groups is 2. The lowest BCUT2D eigenvalue weighted by Gasteiger charge is -2.32. The van der Waals surface area contributed by atoms with E-state index >= 15 is 0 Å². The van der Waals surface area contributed by atoms with E-state index in [4.69, 9.17) is 0 Å². The number of benzene rings is 2. The molecule has 2 aromatic rings. The van der Waals surface area contributed by atoms with Crippen LogP contribution in [0.5, 0.6) is 0 Å². The molecule has 2 heterocycles. The summed E-state index contributed by atoms with van der Waals surface area (Å²) in [5.41, 5.74) is 3.50. The van der Waals surface area contributed by atoms with E-state index in [1.54, 1.807) is 0 Å². The van der Waals surface area contributed by atoms with Gasteiger partial charge in [-0.3, -0.25) is 9.59 Å². The molecule has 2 aliphatic rings. The Labute approximate surface area is 140 Å². The summed E-state index contributed by atoms with van der Waals surface area (Å²) in [5, 5.41) is 6.04. The van der Waals surface area contributed by atoms with E-state index < -0.39 is 0 Å². The molecule has 0 bridgehead atoms. The first kappa shape index (κ1) is 14.8. The van der Waals surface area contributed by atoms with Gasteiger partial charge in [0.15, 0.2) is 0 Å². The van der Waals surface area contributed by atoms with Crippen molar-refractivity contribution in [2.24, 2.45) is 0 Å². The van der Waals surface area contributed by atoms with Crippen molar-refractivity contribution in [2.75, 3.05) is 16.8 Å². The largest absolute Gasteiger partial charge is 0.356 e. The number of fused-ring (bicyclic) bond motifs is 3. The third kappa shape index (κ3) is 2.42. The van der Waals surface area contributed by atoms with Gasteiger partial charge in [-0.15, -0.1) is 0 Å². The van der Waals surface area contributed by atoms with E-state index in [0.717, 1.165) is 16.9 Å². The highest BCUT2D eigenvalue weighted by molar-refractivity contribution is 6.04. The van der Waals surface area contributed by atoms with E-state index in [0.29, 0.717) is 18.5 Å². The Morgan fingerprint density at radius 3 is 2.75 bits per heavy atom. The van der Waals surface area contributed by atoms with Gasteiger partial charge in [0.1, 0.15) is 6.04 Å². The fourth-order valence-corrected chi connectivity index (χ4v) is 3.59. The van der Waals surface area contributed by atoms with Crippen molar-refractivity contribution in [1.29, 1.82) is 0 Å². The average molecular weight is 321 g/mol. The SMILES string of the molecule is Cc1ccccc1C(=O)NC1CC2C(=O)Nc3ccccc3N2C1. The number of para-hydroxylation sites is 2. The standard InChI is InChI=1S/C19H19N3O2/c1-12-6-2-3-7-14(12)18(23)20-13-10-17-19(24)21-15-8-4-5-9-16(15)22(17)11-13/h2-9,13,17H,10-11H2,1H3,(H,20,23)(H,21,24). The number of nitrogens with one attached hydrogen (secondary N) is 2. The van der Waals surface area contributed by atoms with Gasteiger partial charge in [-0.05, 0) is 37.1 Å². The minimum absolute atomic E-state index is 0.00124. The molecule has 0 saturated carbocycles. The van der Waals surface area contributed by atoms with Gasteiger partial charge >= 0.3 is 0 Å². The van der Waals surface area contributed by atoms with Gasteiger partial charge in [0.25, 0.3) is 5.91 Å². The first-order valence-corrected chi connectivity index (χ1v) is 8.16. The van der Waals surface area contributed by atoms with Gasteiger partial charge in [0.05, 0.1) is 11.4 Å². The second-order valence-corrected chi connectivity index (χ2v) is 6.40. The van der Waals surface area contributed by atoms with Crippen LogP contribution in [0.3, 0.4) is 0 Å². The Kier molecular flexibility index (Phi) is 3.49. The maximum atomic E-state index is 12.5. The number of anilines is 2. The van der Waals surface area contributed by atoms with Gasteiger partial charge in [0, 0.05) is 18.2 Å². The molecular formula is C19H19N3O2. The van der Waals surface area contributed by atoms with Crippen LogP contribution in [0.25, 0.3) is 0 Å². The van der Waals surface area contributed by atoms with E-state index in [1.807, 2.05) is 55.5 Å². The lowest BCUT2D eigenvalue weighted by molar-refractivity contribution is -0.117. The molecule has 5 nitrogen and oxygen atoms in total. The van der Waals surface area contributed by atoms with Crippen molar-refractivity contribution in [2.45, 2.75) is 25.4 Å². The van der Waals surface area contributed by atoms with Crippen LogP contribution in [-0.4, -0.2) is 30.4 Å². The summed E-state index contributed by atoms with van der Waals surface area (Å²) >= 11 is 0. The molecule has 2 atom stereocenters. The number of hydrogen-bond donors (Lipinski definition) is 2. The van der Waals surface area contributed by atoms with E-state index in [9.17, 15) is 9.59 Å². The summed E-state index contributed by atoms with van der Waals surface area (Å²) in [6, 6.07) is 15.1. The van der Waals surface area contributed by atoms with Crippen molar-refractivity contribution in [3.63, 3.8) is 0 Å². The number of hydrogen-bond acceptors (Lipinski definition) is 3. The Hall–Kier alpha value is -2.82. The second kappa shape index (κ2) is 5.67. The third-order valence-electron chi connectivity index (χ3n) is 4.80. The average Bonchev–Trinajstić information content (AvgIpc) is 3.00. The first-order chi connectivity index (χ1) is 11.6. The van der Waals surface area contributed by atoms with Crippen molar-refractivity contribution in [3.05, 3.63) is 59.7 Å². The number of rotatable bonds is 2. The van der Waals surface area contributed by atoms with Crippen LogP contribution < -0.4 is 15.5 Å². The maximum absolute atomic E-state index is 12.5. The monoisotopic (exact) mass is 321 g/mol. The van der Waals surface area contributed by atoms with Crippen LogP contribution in [0.2, 0.25) is 0 Å². The van der Waals surface area contributed by atoms with Gasteiger partial charge < -0.3 is 15.5 Å². The quantitative estimate of drug-likeness (QED) is 0.892. The number of carbonyl (C=O) groups excluding carboxylic acids is 2. The molecule has 122 valence electrons. The molecule has 2 amide bonds. The molecule has 0 aromatic heterocycles. The summed E-state index contributed by atoms with van der Waals surface area (Å²) in [5.74, 6) is -0.0759. The fraction of sp³-hybridized carbons (Fsp3) is 0.263. The zero-order chi connectivity index (χ0) is 16.7. The van der Waals surface area contributed by atoms with Crippen LogP contribution in [0.15, 0.2) is 48.5 Å². The molecule has 5 heteroatoms. The van der Waals surface area contributed by atoms with Crippen molar-refractivity contribution >= 4 is 23.2 Å². The lowest BCUT2D eigenvalue weighted by atomic mass is 10.1. The second-order valence-electron chi connectivity index (χ2n) is 6.40. The summed E-state index contributed by atoms with van der Waals surface area (Å²) in [6.45, 7) is 2.57. The lowest BCUT2D eigenvalue weighted by Crippen LogP contribution is -2.44. The molecule has 2 aliphatic heterocycles. The smallest absolute Gasteiger partial charge is 0.251 e. The number of nitrogens with zero attached hydrogens (tertiary/aromatic N) is 1. The fourth-order valence-electron chi connectivity index (χ4n) is 3.59. The molecule has 0 spiro atoms. The molecule has 24 heavy (non-hydrogen) atoms. The number of aryl methyl sites for hydroxylation is 1. The molecule has 0 radical (unpaired) electrons. The van der Waals surface area contributed by atoms with Crippen molar-refractivity contribution in [1.82, 2.24) is 5.32 Å². The van der Waals surface area contributed by atoms with Gasteiger partial charge in [-0.2, -0.15) is 0 Å². The van der Waals surface area contributed by atoms with E-state index in [2.05, 4.69) is 15.5 Å². The Morgan fingerprint density at radius 2 is 1.92 bits per heavy atom. The predicted octanol–water partition coefficient (Wildman–Crippen LogP) is 2.32. The van der Waals surface area contributed by atoms with Crippen LogP contribution in [0, 0.1) is 6.92 Å². The van der Waals surface area contributed by atoms with Crippen molar-refractivity contribution < 1.29 is 9.59 Å². The van der Waals surface area contributed by atoms with Crippen LogP contribution in [0.4, 0.5) is 11.4 Å². The van der Waals surface area contributed by atoms with Gasteiger partial charge in [-0.1, -0.05) is 30.3 Å². The molecule has 1 fully saturated rings. The molecule has 2 unspecified atom stereocenters. The summed E-state index contributed by atoms with van der Waals surface area (Å²) in [6.07, 6.45) is 0.623. The summed E-state index contributed by atoms with van der Waals surface area (Å²) in [4.78, 5) is 26.9. The first-order valence-electron chi connectivity index (χ1n) is 8.16. The molecule has 4 rings (SSSR count). The van der Waals surface area contributed by atoms with Crippen molar-refractivity contribution in [3.8, 4) is 0 Å². The topological polar surface area (TPSA) is 61.4 Å². The Morgan fingerprint density at radius 1 is 1.17 bits per heavy atom. The molecule has 1 saturated heterocycles. The minimum Gasteiger partial charge on any atom is -0.356 e. The Balaban J connectivity index is 1.54. The molecule has 0 aliphatic carbocycles. The van der Waals surface area contributed by atoms with E-state index in [1.165, 1.54) is 0 Å². The highest BCUT2D eigenvalue weighted by Crippen LogP contribution is 2.36. The maximum Gasteiger partial charge on any atom is 0.251 e. The normalized spacial score (nSPS) is 21.7. The zero-order valence-electron chi connectivity index (χ0n) is 13.5. The highest BCUT2D eigenvalue weighted by atomic mass is 16.2.